The summed E-state index contributed by atoms with van der Waals surface area (Å²) in [5.74, 6) is -0.140. The smallest absolute Gasteiger partial charge is 0.254 e. The van der Waals surface area contributed by atoms with Crippen molar-refractivity contribution in [2.45, 2.75) is 64.5 Å². The molecular weight excluding hydrogens is 326 g/mol. The quantitative estimate of drug-likeness (QED) is 0.815. The van der Waals surface area contributed by atoms with Crippen LogP contribution in [0.2, 0.25) is 0 Å². The fourth-order valence-electron chi connectivity index (χ4n) is 4.07. The number of rotatable bonds is 7. The molecule has 0 aromatic heterocycles. The highest BCUT2D eigenvalue weighted by atomic mass is 16.2. The highest BCUT2D eigenvalue weighted by Crippen LogP contribution is 2.32. The second kappa shape index (κ2) is 8.11. The lowest BCUT2D eigenvalue weighted by atomic mass is 9.97. The van der Waals surface area contributed by atoms with Crippen molar-refractivity contribution in [1.82, 2.24) is 4.90 Å². The summed E-state index contributed by atoms with van der Waals surface area (Å²) < 4.78 is 0. The average molecular weight is 357 g/mol. The lowest BCUT2D eigenvalue weighted by Crippen LogP contribution is -2.42. The van der Waals surface area contributed by atoms with Crippen molar-refractivity contribution in [3.63, 3.8) is 0 Å². The minimum absolute atomic E-state index is 0.0784. The molecule has 0 spiro atoms. The van der Waals surface area contributed by atoms with Gasteiger partial charge in [0.1, 0.15) is 0 Å². The van der Waals surface area contributed by atoms with Crippen LogP contribution in [-0.4, -0.2) is 41.9 Å². The lowest BCUT2D eigenvalue weighted by Gasteiger charge is -2.33. The number of piperidine rings is 1. The van der Waals surface area contributed by atoms with Gasteiger partial charge in [0.25, 0.3) is 5.91 Å². The molecule has 1 unspecified atom stereocenters. The van der Waals surface area contributed by atoms with Crippen molar-refractivity contribution >= 4 is 17.5 Å². The van der Waals surface area contributed by atoms with E-state index >= 15 is 0 Å². The summed E-state index contributed by atoms with van der Waals surface area (Å²) in [6.07, 6.45) is 6.09. The molecule has 26 heavy (non-hydrogen) atoms. The van der Waals surface area contributed by atoms with Crippen LogP contribution in [0.4, 0.5) is 5.69 Å². The van der Waals surface area contributed by atoms with Crippen molar-refractivity contribution in [2.24, 2.45) is 11.7 Å². The van der Waals surface area contributed by atoms with Gasteiger partial charge in [-0.2, -0.15) is 0 Å². The fraction of sp³-hybridized carbons (Fsp3) is 0.619. The van der Waals surface area contributed by atoms with E-state index in [2.05, 4.69) is 23.6 Å². The van der Waals surface area contributed by atoms with Crippen LogP contribution in [-0.2, 0) is 4.79 Å². The van der Waals surface area contributed by atoms with Crippen LogP contribution in [0.5, 0.6) is 0 Å². The average Bonchev–Trinajstić information content (AvgIpc) is 3.50. The molecule has 1 aromatic rings. The molecule has 3 rings (SSSR count). The van der Waals surface area contributed by atoms with Gasteiger partial charge in [-0.3, -0.25) is 9.59 Å². The number of benzene rings is 1. The highest BCUT2D eigenvalue weighted by molar-refractivity contribution is 5.95. The SMILES string of the molecule is CCC(CC)N(C(=O)c1ccc(N2CCCC(C(N)=O)C2)cc1)C1CC1. The van der Waals surface area contributed by atoms with Gasteiger partial charge in [-0.1, -0.05) is 13.8 Å². The number of nitrogens with two attached hydrogens (primary N) is 1. The van der Waals surface area contributed by atoms with Gasteiger partial charge in [0, 0.05) is 36.4 Å². The summed E-state index contributed by atoms with van der Waals surface area (Å²) in [6, 6.07) is 8.63. The van der Waals surface area contributed by atoms with Gasteiger partial charge in [-0.05, 0) is 62.8 Å². The molecule has 2 N–H and O–H groups in total. The third kappa shape index (κ3) is 4.02. The predicted molar refractivity (Wildman–Crippen MR) is 104 cm³/mol. The van der Waals surface area contributed by atoms with E-state index in [4.69, 9.17) is 5.73 Å². The highest BCUT2D eigenvalue weighted by Gasteiger charge is 2.36. The number of primary amides is 1. The summed E-state index contributed by atoms with van der Waals surface area (Å²) in [7, 11) is 0. The molecule has 142 valence electrons. The van der Waals surface area contributed by atoms with Gasteiger partial charge in [-0.25, -0.2) is 0 Å². The molecule has 1 aliphatic heterocycles. The number of carbonyl (C=O) groups excluding carboxylic acids is 2. The van der Waals surface area contributed by atoms with Crippen molar-refractivity contribution in [1.29, 1.82) is 0 Å². The summed E-state index contributed by atoms with van der Waals surface area (Å²) in [4.78, 5) is 28.9. The zero-order valence-corrected chi connectivity index (χ0v) is 16.0. The third-order valence-electron chi connectivity index (χ3n) is 5.81. The van der Waals surface area contributed by atoms with Gasteiger partial charge in [0.05, 0.1) is 5.92 Å². The number of hydrogen-bond donors (Lipinski definition) is 1. The molecule has 1 atom stereocenters. The maximum atomic E-state index is 13.1. The summed E-state index contributed by atoms with van der Waals surface area (Å²) >= 11 is 0. The van der Waals surface area contributed by atoms with E-state index in [1.165, 1.54) is 0 Å². The number of carbonyl (C=O) groups is 2. The molecule has 0 bridgehead atoms. The first-order chi connectivity index (χ1) is 12.5. The van der Waals surface area contributed by atoms with Crippen molar-refractivity contribution < 1.29 is 9.59 Å². The number of amides is 2. The van der Waals surface area contributed by atoms with Gasteiger partial charge < -0.3 is 15.5 Å². The van der Waals surface area contributed by atoms with Crippen molar-refractivity contribution in [3.8, 4) is 0 Å². The molecular formula is C21H31N3O2. The van der Waals surface area contributed by atoms with Crippen LogP contribution in [0.25, 0.3) is 0 Å². The number of hydrogen-bond acceptors (Lipinski definition) is 3. The molecule has 1 aliphatic carbocycles. The zero-order valence-electron chi connectivity index (χ0n) is 16.0. The Balaban J connectivity index is 1.72. The molecule has 2 aliphatic rings. The van der Waals surface area contributed by atoms with Crippen LogP contribution in [0.1, 0.15) is 62.7 Å². The molecule has 1 heterocycles. The van der Waals surface area contributed by atoms with Gasteiger partial charge in [-0.15, -0.1) is 0 Å². The second-order valence-electron chi connectivity index (χ2n) is 7.65. The van der Waals surface area contributed by atoms with E-state index < -0.39 is 0 Å². The predicted octanol–water partition coefficient (Wildman–Crippen LogP) is 3.18. The maximum Gasteiger partial charge on any atom is 0.254 e. The molecule has 1 aromatic carbocycles. The first kappa shape index (κ1) is 18.7. The molecule has 2 amide bonds. The first-order valence-electron chi connectivity index (χ1n) is 10.0. The van der Waals surface area contributed by atoms with Crippen LogP contribution in [0.15, 0.2) is 24.3 Å². The molecule has 5 nitrogen and oxygen atoms in total. The van der Waals surface area contributed by atoms with Crippen molar-refractivity contribution in [3.05, 3.63) is 29.8 Å². The minimum Gasteiger partial charge on any atom is -0.371 e. The van der Waals surface area contributed by atoms with E-state index in [0.717, 1.165) is 56.3 Å². The standard InChI is InChI=1S/C21H31N3O2/c1-3-17(4-2)24(19-11-12-19)21(26)15-7-9-18(10-8-15)23-13-5-6-16(14-23)20(22)25/h7-10,16-17,19H,3-6,11-14H2,1-2H3,(H2,22,25). The Hall–Kier alpha value is -2.04. The van der Waals surface area contributed by atoms with Crippen molar-refractivity contribution in [2.75, 3.05) is 18.0 Å². The first-order valence-corrected chi connectivity index (χ1v) is 10.0. The van der Waals surface area contributed by atoms with E-state index in [-0.39, 0.29) is 17.7 Å². The Morgan fingerprint density at radius 2 is 1.81 bits per heavy atom. The monoisotopic (exact) mass is 357 g/mol. The van der Waals surface area contributed by atoms with Crippen LogP contribution in [0, 0.1) is 5.92 Å². The Bertz CT molecular complexity index is 635. The van der Waals surface area contributed by atoms with Gasteiger partial charge in [0.15, 0.2) is 0 Å². The Morgan fingerprint density at radius 3 is 2.35 bits per heavy atom. The van der Waals surface area contributed by atoms with Gasteiger partial charge >= 0.3 is 0 Å². The molecule has 1 saturated heterocycles. The number of nitrogens with zero attached hydrogens (tertiary/aromatic N) is 2. The Labute approximate surface area is 156 Å². The maximum absolute atomic E-state index is 13.1. The topological polar surface area (TPSA) is 66.6 Å². The molecule has 0 radical (unpaired) electrons. The summed E-state index contributed by atoms with van der Waals surface area (Å²) in [6.45, 7) is 5.92. The summed E-state index contributed by atoms with van der Waals surface area (Å²) in [5, 5.41) is 0. The van der Waals surface area contributed by atoms with E-state index in [0.29, 0.717) is 18.6 Å². The second-order valence-corrected chi connectivity index (χ2v) is 7.65. The lowest BCUT2D eigenvalue weighted by molar-refractivity contribution is -0.122. The Kier molecular flexibility index (Phi) is 5.84. The van der Waals surface area contributed by atoms with E-state index in [1.807, 2.05) is 24.3 Å². The molecule has 1 saturated carbocycles. The van der Waals surface area contributed by atoms with Crippen LogP contribution < -0.4 is 10.6 Å². The largest absolute Gasteiger partial charge is 0.371 e. The normalized spacial score (nSPS) is 20.3. The van der Waals surface area contributed by atoms with E-state index in [9.17, 15) is 9.59 Å². The molecule has 5 heteroatoms. The van der Waals surface area contributed by atoms with Gasteiger partial charge in [0.2, 0.25) is 5.91 Å². The van der Waals surface area contributed by atoms with Crippen LogP contribution in [0.3, 0.4) is 0 Å². The minimum atomic E-state index is -0.216. The fourth-order valence-corrected chi connectivity index (χ4v) is 4.07. The number of anilines is 1. The molecule has 2 fully saturated rings. The third-order valence-corrected chi connectivity index (χ3v) is 5.81. The summed E-state index contributed by atoms with van der Waals surface area (Å²) in [5.41, 5.74) is 7.30. The van der Waals surface area contributed by atoms with E-state index in [1.54, 1.807) is 0 Å². The van der Waals surface area contributed by atoms with Crippen LogP contribution >= 0.6 is 0 Å². The zero-order chi connectivity index (χ0) is 18.7. The Morgan fingerprint density at radius 1 is 1.15 bits per heavy atom.